The summed E-state index contributed by atoms with van der Waals surface area (Å²) in [5.41, 5.74) is 0.798. The molecule has 4 heteroatoms. The molecule has 0 aromatic heterocycles. The molecule has 1 rings (SSSR count). The van der Waals surface area contributed by atoms with E-state index >= 15 is 0 Å². The van der Waals surface area contributed by atoms with Gasteiger partial charge in [-0.2, -0.15) is 0 Å². The largest absolute Gasteiger partial charge is 0.396 e. The number of aliphatic hydroxyl groups excluding tert-OH is 1. The molecule has 1 aromatic rings. The Morgan fingerprint density at radius 1 is 1.53 bits per heavy atom. The molecule has 0 bridgehead atoms. The molecule has 0 saturated heterocycles. The minimum Gasteiger partial charge on any atom is -0.396 e. The summed E-state index contributed by atoms with van der Waals surface area (Å²) < 4.78 is 12.8. The van der Waals surface area contributed by atoms with Crippen LogP contribution >= 0.6 is 11.6 Å². The smallest absolute Gasteiger partial charge is 0.141 e. The first-order valence-corrected chi connectivity index (χ1v) is 5.33. The number of hydrogen-bond acceptors (Lipinski definition) is 2. The number of rotatable bonds is 5. The van der Waals surface area contributed by atoms with Crippen molar-refractivity contribution in [2.45, 2.75) is 25.8 Å². The Kier molecular flexibility index (Phi) is 4.85. The van der Waals surface area contributed by atoms with E-state index in [0.717, 1.165) is 18.5 Å². The zero-order chi connectivity index (χ0) is 11.3. The van der Waals surface area contributed by atoms with Gasteiger partial charge in [-0.1, -0.05) is 11.6 Å². The van der Waals surface area contributed by atoms with Crippen LogP contribution in [0.2, 0.25) is 5.02 Å². The fraction of sp³-hybridized carbons (Fsp3) is 0.455. The molecule has 0 spiro atoms. The molecule has 1 unspecified atom stereocenters. The van der Waals surface area contributed by atoms with Crippen molar-refractivity contribution in [3.63, 3.8) is 0 Å². The predicted molar refractivity (Wildman–Crippen MR) is 60.8 cm³/mol. The van der Waals surface area contributed by atoms with Gasteiger partial charge in [0.1, 0.15) is 5.82 Å². The SMILES string of the molecule is CC(CCCO)Nc1ccc(F)c(Cl)c1. The van der Waals surface area contributed by atoms with Gasteiger partial charge in [-0.15, -0.1) is 0 Å². The van der Waals surface area contributed by atoms with Crippen LogP contribution in [0.3, 0.4) is 0 Å². The second-order valence-corrected chi connectivity index (χ2v) is 3.95. The molecule has 0 aliphatic heterocycles. The number of halogens is 2. The van der Waals surface area contributed by atoms with Crippen molar-refractivity contribution in [3.05, 3.63) is 29.0 Å². The Morgan fingerprint density at radius 3 is 2.87 bits per heavy atom. The zero-order valence-electron chi connectivity index (χ0n) is 8.63. The van der Waals surface area contributed by atoms with E-state index in [-0.39, 0.29) is 17.7 Å². The van der Waals surface area contributed by atoms with Crippen molar-refractivity contribution >= 4 is 17.3 Å². The van der Waals surface area contributed by atoms with Gasteiger partial charge in [-0.3, -0.25) is 0 Å². The second-order valence-electron chi connectivity index (χ2n) is 3.54. The van der Waals surface area contributed by atoms with Crippen LogP contribution < -0.4 is 5.32 Å². The van der Waals surface area contributed by atoms with Crippen molar-refractivity contribution in [1.29, 1.82) is 0 Å². The number of anilines is 1. The molecule has 0 aliphatic carbocycles. The highest BCUT2D eigenvalue weighted by Crippen LogP contribution is 2.20. The lowest BCUT2D eigenvalue weighted by molar-refractivity contribution is 0.282. The average molecular weight is 232 g/mol. The van der Waals surface area contributed by atoms with E-state index < -0.39 is 5.82 Å². The summed E-state index contributed by atoms with van der Waals surface area (Å²) in [5.74, 6) is -0.412. The summed E-state index contributed by atoms with van der Waals surface area (Å²) in [5, 5.41) is 12.0. The van der Waals surface area contributed by atoms with Crippen molar-refractivity contribution in [3.8, 4) is 0 Å². The average Bonchev–Trinajstić information content (AvgIpc) is 2.20. The van der Waals surface area contributed by atoms with E-state index in [1.165, 1.54) is 6.07 Å². The molecule has 0 amide bonds. The Bertz CT molecular complexity index is 319. The van der Waals surface area contributed by atoms with Crippen molar-refractivity contribution in [1.82, 2.24) is 0 Å². The molecular weight excluding hydrogens is 217 g/mol. The van der Waals surface area contributed by atoms with Gasteiger partial charge in [-0.05, 0) is 38.0 Å². The van der Waals surface area contributed by atoms with Gasteiger partial charge in [0.25, 0.3) is 0 Å². The van der Waals surface area contributed by atoms with Gasteiger partial charge in [-0.25, -0.2) is 4.39 Å². The summed E-state index contributed by atoms with van der Waals surface area (Å²) >= 11 is 5.65. The monoisotopic (exact) mass is 231 g/mol. The Hall–Kier alpha value is -0.800. The lowest BCUT2D eigenvalue weighted by Crippen LogP contribution is -2.15. The van der Waals surface area contributed by atoms with Crippen LogP contribution in [-0.2, 0) is 0 Å². The third-order valence-electron chi connectivity index (χ3n) is 2.13. The molecule has 1 atom stereocenters. The van der Waals surface area contributed by atoms with E-state index in [0.29, 0.717) is 0 Å². The maximum atomic E-state index is 12.8. The first-order chi connectivity index (χ1) is 7.13. The number of aliphatic hydroxyl groups is 1. The fourth-order valence-corrected chi connectivity index (χ4v) is 1.52. The van der Waals surface area contributed by atoms with Gasteiger partial charge < -0.3 is 10.4 Å². The van der Waals surface area contributed by atoms with Gasteiger partial charge in [0, 0.05) is 18.3 Å². The third-order valence-corrected chi connectivity index (χ3v) is 2.42. The van der Waals surface area contributed by atoms with Gasteiger partial charge in [0.2, 0.25) is 0 Å². The highest BCUT2D eigenvalue weighted by Gasteiger charge is 2.04. The lowest BCUT2D eigenvalue weighted by atomic mass is 10.2. The highest BCUT2D eigenvalue weighted by molar-refractivity contribution is 6.31. The molecule has 84 valence electrons. The van der Waals surface area contributed by atoms with E-state index in [2.05, 4.69) is 5.32 Å². The van der Waals surface area contributed by atoms with E-state index in [9.17, 15) is 4.39 Å². The molecule has 0 heterocycles. The van der Waals surface area contributed by atoms with Crippen LogP contribution in [0.25, 0.3) is 0 Å². The minimum atomic E-state index is -0.412. The van der Waals surface area contributed by atoms with E-state index in [4.69, 9.17) is 16.7 Å². The molecule has 1 aromatic carbocycles. The van der Waals surface area contributed by atoms with Crippen molar-refractivity contribution in [2.24, 2.45) is 0 Å². The summed E-state index contributed by atoms with van der Waals surface area (Å²) in [6.07, 6.45) is 1.62. The Morgan fingerprint density at radius 2 is 2.27 bits per heavy atom. The van der Waals surface area contributed by atoms with E-state index in [1.54, 1.807) is 12.1 Å². The summed E-state index contributed by atoms with van der Waals surface area (Å²) in [7, 11) is 0. The van der Waals surface area contributed by atoms with Crippen LogP contribution in [0.4, 0.5) is 10.1 Å². The topological polar surface area (TPSA) is 32.3 Å². The Balaban J connectivity index is 2.53. The molecule has 0 aliphatic rings. The first kappa shape index (κ1) is 12.3. The van der Waals surface area contributed by atoms with Crippen LogP contribution in [0.15, 0.2) is 18.2 Å². The van der Waals surface area contributed by atoms with Crippen molar-refractivity contribution < 1.29 is 9.50 Å². The highest BCUT2D eigenvalue weighted by atomic mass is 35.5. The summed E-state index contributed by atoms with van der Waals surface area (Å²) in [6, 6.07) is 4.78. The van der Waals surface area contributed by atoms with E-state index in [1.807, 2.05) is 6.92 Å². The Labute approximate surface area is 94.1 Å². The van der Waals surface area contributed by atoms with Gasteiger partial charge >= 0.3 is 0 Å². The quantitative estimate of drug-likeness (QED) is 0.817. The molecule has 0 radical (unpaired) electrons. The number of benzene rings is 1. The van der Waals surface area contributed by atoms with Crippen LogP contribution in [0.5, 0.6) is 0 Å². The van der Waals surface area contributed by atoms with Crippen LogP contribution in [-0.4, -0.2) is 17.8 Å². The summed E-state index contributed by atoms with van der Waals surface area (Å²) in [4.78, 5) is 0. The number of nitrogens with one attached hydrogen (secondary N) is 1. The second kappa shape index (κ2) is 5.93. The van der Waals surface area contributed by atoms with Crippen LogP contribution in [0.1, 0.15) is 19.8 Å². The molecule has 0 saturated carbocycles. The van der Waals surface area contributed by atoms with Crippen LogP contribution in [0, 0.1) is 5.82 Å². The fourth-order valence-electron chi connectivity index (χ4n) is 1.34. The normalized spacial score (nSPS) is 12.5. The molecule has 15 heavy (non-hydrogen) atoms. The number of hydrogen-bond donors (Lipinski definition) is 2. The molecular formula is C11H15ClFNO. The predicted octanol–water partition coefficient (Wildman–Crippen LogP) is 3.05. The lowest BCUT2D eigenvalue weighted by Gasteiger charge is -2.14. The maximum absolute atomic E-state index is 12.8. The zero-order valence-corrected chi connectivity index (χ0v) is 9.39. The molecule has 2 N–H and O–H groups in total. The standard InChI is InChI=1S/C11H15ClFNO/c1-8(3-2-6-15)14-9-4-5-11(13)10(12)7-9/h4-5,7-8,14-15H,2-3,6H2,1H3. The molecule has 2 nitrogen and oxygen atoms in total. The minimum absolute atomic E-state index is 0.120. The third kappa shape index (κ3) is 4.06. The first-order valence-electron chi connectivity index (χ1n) is 4.96. The maximum Gasteiger partial charge on any atom is 0.141 e. The van der Waals surface area contributed by atoms with Crippen molar-refractivity contribution in [2.75, 3.05) is 11.9 Å². The van der Waals surface area contributed by atoms with Gasteiger partial charge in [0.15, 0.2) is 0 Å². The van der Waals surface area contributed by atoms with Gasteiger partial charge in [0.05, 0.1) is 5.02 Å². The summed E-state index contributed by atoms with van der Waals surface area (Å²) in [6.45, 7) is 2.20. The molecule has 0 fully saturated rings.